The summed E-state index contributed by atoms with van der Waals surface area (Å²) in [6.45, 7) is 4.76. The summed E-state index contributed by atoms with van der Waals surface area (Å²) in [4.78, 5) is 48.3. The fourth-order valence-electron chi connectivity index (χ4n) is 4.99. The Hall–Kier alpha value is -3.46. The number of piperidine rings is 1. The highest BCUT2D eigenvalue weighted by Crippen LogP contribution is 2.37. The summed E-state index contributed by atoms with van der Waals surface area (Å²) < 4.78 is 1.21. The molecule has 3 aromatic rings. The Bertz CT molecular complexity index is 1280. The van der Waals surface area contributed by atoms with Crippen LogP contribution in [0.2, 0.25) is 0 Å². The quantitative estimate of drug-likeness (QED) is 0.619. The number of aromatic nitrogens is 3. The third kappa shape index (κ3) is 3.38. The van der Waals surface area contributed by atoms with Crippen molar-refractivity contribution >= 4 is 22.5 Å². The first-order valence-electron chi connectivity index (χ1n) is 10.9. The average Bonchev–Trinajstić information content (AvgIpc) is 2.79. The van der Waals surface area contributed by atoms with Gasteiger partial charge in [-0.2, -0.15) is 0 Å². The lowest BCUT2D eigenvalue weighted by atomic mass is 9.86. The van der Waals surface area contributed by atoms with Crippen LogP contribution in [0.4, 0.5) is 5.69 Å². The van der Waals surface area contributed by atoms with E-state index in [0.717, 1.165) is 37.3 Å². The summed E-state index contributed by atoms with van der Waals surface area (Å²) in [5, 5.41) is 3.13. The zero-order valence-corrected chi connectivity index (χ0v) is 18.2. The number of hydrogen-bond acceptors (Lipinski definition) is 6. The van der Waals surface area contributed by atoms with E-state index in [9.17, 15) is 14.4 Å². The summed E-state index contributed by atoms with van der Waals surface area (Å²) in [5.74, 6) is -0.183. The smallest absolute Gasteiger partial charge is 0.328 e. The third-order valence-corrected chi connectivity index (χ3v) is 6.54. The van der Waals surface area contributed by atoms with Crippen molar-refractivity contribution in [2.24, 2.45) is 0 Å². The maximum atomic E-state index is 12.5. The highest BCUT2D eigenvalue weighted by atomic mass is 16.2. The highest BCUT2D eigenvalue weighted by molar-refractivity contribution is 5.92. The molecule has 0 spiro atoms. The number of pyridine rings is 1. The number of rotatable bonds is 5. The van der Waals surface area contributed by atoms with Crippen LogP contribution in [0.15, 0.2) is 46.1 Å². The molecule has 2 bridgehead atoms. The van der Waals surface area contributed by atoms with Gasteiger partial charge in [-0.15, -0.1) is 0 Å². The normalized spacial score (nSPS) is 20.2. The molecular formula is C23H26N6O3. The number of anilines is 1. The first kappa shape index (κ1) is 20.4. The second-order valence-corrected chi connectivity index (χ2v) is 8.48. The van der Waals surface area contributed by atoms with Gasteiger partial charge in [-0.25, -0.2) is 9.78 Å². The molecule has 2 unspecified atom stereocenters. The van der Waals surface area contributed by atoms with Crippen molar-refractivity contribution < 1.29 is 4.79 Å². The number of nitrogens with zero attached hydrogens (tertiary/aromatic N) is 4. The molecule has 9 nitrogen and oxygen atoms in total. The van der Waals surface area contributed by atoms with Crippen molar-refractivity contribution in [3.8, 4) is 0 Å². The lowest BCUT2D eigenvalue weighted by Crippen LogP contribution is -2.68. The lowest BCUT2D eigenvalue weighted by Gasteiger charge is -2.57. The average molecular weight is 435 g/mol. The predicted molar refractivity (Wildman–Crippen MR) is 122 cm³/mol. The number of piperazine rings is 1. The summed E-state index contributed by atoms with van der Waals surface area (Å²) in [6, 6.07) is 10.3. The Labute approximate surface area is 184 Å². The van der Waals surface area contributed by atoms with Crippen LogP contribution in [0.1, 0.15) is 29.4 Å². The Morgan fingerprint density at radius 2 is 1.97 bits per heavy atom. The number of aromatic amines is 1. The van der Waals surface area contributed by atoms with Crippen molar-refractivity contribution in [2.75, 3.05) is 25.0 Å². The molecule has 1 aromatic carbocycles. The van der Waals surface area contributed by atoms with Crippen LogP contribution in [-0.2, 0) is 13.1 Å². The minimum Gasteiger partial charge on any atom is -0.362 e. The predicted octanol–water partition coefficient (Wildman–Crippen LogP) is 0.927. The first-order chi connectivity index (χ1) is 15.5. The SMILES string of the molecule is CCn1c(=O)[nH]c2cc(CN3CC4CC(C3)N4c3ccc(C(=O)NC)nc3)ccc2c1=O. The van der Waals surface area contributed by atoms with Crippen molar-refractivity contribution in [1.82, 2.24) is 24.8 Å². The van der Waals surface area contributed by atoms with E-state index in [2.05, 4.69) is 25.1 Å². The number of carbonyl (C=O) groups excluding carboxylic acids is 1. The van der Waals surface area contributed by atoms with Crippen molar-refractivity contribution in [3.63, 3.8) is 0 Å². The van der Waals surface area contributed by atoms with Gasteiger partial charge in [0.2, 0.25) is 0 Å². The van der Waals surface area contributed by atoms with Crippen LogP contribution in [0.3, 0.4) is 0 Å². The summed E-state index contributed by atoms with van der Waals surface area (Å²) in [6.07, 6.45) is 2.93. The molecule has 3 aliphatic heterocycles. The zero-order valence-electron chi connectivity index (χ0n) is 18.2. The fraction of sp³-hybridized carbons (Fsp3) is 0.391. The molecule has 6 rings (SSSR count). The number of fused-ring (bicyclic) bond motifs is 3. The molecule has 3 aliphatic rings. The molecule has 9 heteroatoms. The second kappa shape index (κ2) is 7.90. The summed E-state index contributed by atoms with van der Waals surface area (Å²) in [7, 11) is 1.60. The van der Waals surface area contributed by atoms with Gasteiger partial charge in [0.1, 0.15) is 5.69 Å². The number of carbonyl (C=O) groups is 1. The number of hydrogen-bond donors (Lipinski definition) is 2. The van der Waals surface area contributed by atoms with Crippen LogP contribution in [0.5, 0.6) is 0 Å². The monoisotopic (exact) mass is 434 g/mol. The molecule has 166 valence electrons. The largest absolute Gasteiger partial charge is 0.362 e. The molecule has 1 amide bonds. The number of nitrogens with one attached hydrogen (secondary N) is 2. The van der Waals surface area contributed by atoms with Crippen molar-refractivity contribution in [1.29, 1.82) is 0 Å². The van der Waals surface area contributed by atoms with E-state index in [-0.39, 0.29) is 17.2 Å². The molecule has 2 N–H and O–H groups in total. The molecular weight excluding hydrogens is 408 g/mol. The lowest BCUT2D eigenvalue weighted by molar-refractivity contribution is 0.0958. The second-order valence-electron chi connectivity index (χ2n) is 8.48. The van der Waals surface area contributed by atoms with Crippen LogP contribution in [0, 0.1) is 0 Å². The molecule has 3 saturated heterocycles. The van der Waals surface area contributed by atoms with Crippen LogP contribution in [-0.4, -0.2) is 57.6 Å². The van der Waals surface area contributed by atoms with Gasteiger partial charge >= 0.3 is 5.69 Å². The number of amides is 1. The van der Waals surface area contributed by atoms with E-state index in [1.165, 1.54) is 4.57 Å². The van der Waals surface area contributed by atoms with Gasteiger partial charge < -0.3 is 15.2 Å². The Kier molecular flexibility index (Phi) is 5.05. The van der Waals surface area contributed by atoms with Crippen molar-refractivity contribution in [3.05, 3.63) is 68.6 Å². The summed E-state index contributed by atoms with van der Waals surface area (Å²) in [5.41, 5.74) is 2.52. The maximum absolute atomic E-state index is 12.5. The van der Waals surface area contributed by atoms with E-state index in [1.54, 1.807) is 26.2 Å². The Morgan fingerprint density at radius 3 is 2.62 bits per heavy atom. The summed E-state index contributed by atoms with van der Waals surface area (Å²) >= 11 is 0. The Morgan fingerprint density at radius 1 is 1.19 bits per heavy atom. The molecule has 2 aromatic heterocycles. The van der Waals surface area contributed by atoms with Gasteiger partial charge in [0.05, 0.1) is 22.8 Å². The molecule has 32 heavy (non-hydrogen) atoms. The van der Waals surface area contributed by atoms with Gasteiger partial charge in [-0.05, 0) is 43.2 Å². The van der Waals surface area contributed by atoms with Gasteiger partial charge in [-0.1, -0.05) is 6.07 Å². The molecule has 3 fully saturated rings. The third-order valence-electron chi connectivity index (χ3n) is 6.54. The standard InChI is InChI=1S/C23H26N6O3/c1-3-28-22(31)18-6-4-14(8-20(18)26-23(28)32)11-27-12-16-9-17(13-27)29(16)15-5-7-19(25-10-15)21(30)24-2/h4-8,10,16-17H,3,9,11-13H2,1-2H3,(H,24,30)(H,26,32). The van der Waals surface area contributed by atoms with Gasteiger partial charge in [0, 0.05) is 45.3 Å². The van der Waals surface area contributed by atoms with Crippen LogP contribution in [0.25, 0.3) is 10.9 Å². The topological polar surface area (TPSA) is 103 Å². The van der Waals surface area contributed by atoms with Gasteiger partial charge in [-0.3, -0.25) is 19.1 Å². The fourth-order valence-corrected chi connectivity index (χ4v) is 4.99. The highest BCUT2D eigenvalue weighted by Gasteiger charge is 2.44. The van der Waals surface area contributed by atoms with Crippen molar-refractivity contribution in [2.45, 2.75) is 38.5 Å². The zero-order chi connectivity index (χ0) is 22.4. The maximum Gasteiger partial charge on any atom is 0.328 e. The van der Waals surface area contributed by atoms with E-state index in [4.69, 9.17) is 0 Å². The van der Waals surface area contributed by atoms with Gasteiger partial charge in [0.15, 0.2) is 0 Å². The van der Waals surface area contributed by atoms with Gasteiger partial charge in [0.25, 0.3) is 11.5 Å². The molecule has 5 heterocycles. The molecule has 0 aliphatic carbocycles. The minimum atomic E-state index is -0.368. The van der Waals surface area contributed by atoms with E-state index in [0.29, 0.717) is 35.2 Å². The van der Waals surface area contributed by atoms with E-state index >= 15 is 0 Å². The van der Waals surface area contributed by atoms with Crippen LogP contribution < -0.4 is 21.5 Å². The first-order valence-corrected chi connectivity index (χ1v) is 10.9. The van der Waals surface area contributed by atoms with E-state index < -0.39 is 0 Å². The van der Waals surface area contributed by atoms with Crippen LogP contribution >= 0.6 is 0 Å². The number of H-pyrrole nitrogens is 1. The minimum absolute atomic E-state index is 0.183. The molecule has 0 radical (unpaired) electrons. The van der Waals surface area contributed by atoms with E-state index in [1.807, 2.05) is 24.3 Å². The molecule has 2 atom stereocenters. The Balaban J connectivity index is 1.29. The molecule has 0 saturated carbocycles. The number of benzene rings is 1.